The quantitative estimate of drug-likeness (QED) is 0.535. The minimum absolute atomic E-state index is 0.231. The lowest BCUT2D eigenvalue weighted by Crippen LogP contribution is -2.02. The van der Waals surface area contributed by atoms with Gasteiger partial charge in [-0.25, -0.2) is 9.37 Å². The van der Waals surface area contributed by atoms with E-state index in [0.717, 1.165) is 38.4 Å². The fourth-order valence-corrected chi connectivity index (χ4v) is 3.78. The van der Waals surface area contributed by atoms with Crippen LogP contribution in [0, 0.1) is 12.7 Å². The Kier molecular flexibility index (Phi) is 4.15. The topological polar surface area (TPSA) is 37.8 Å². The maximum atomic E-state index is 13.2. The van der Waals surface area contributed by atoms with E-state index in [1.54, 1.807) is 29.7 Å². The van der Waals surface area contributed by atoms with Crippen LogP contribution >= 0.6 is 11.3 Å². The van der Waals surface area contributed by atoms with Crippen LogP contribution < -0.4 is 5.32 Å². The average Bonchev–Trinajstić information content (AvgIpc) is 3.05. The second-order valence-electron chi connectivity index (χ2n) is 5.82. The van der Waals surface area contributed by atoms with Crippen molar-refractivity contribution in [2.45, 2.75) is 13.5 Å². The normalized spacial score (nSPS) is 11.0. The number of benzene rings is 1. The van der Waals surface area contributed by atoms with Crippen LogP contribution in [0.2, 0.25) is 0 Å². The smallest absolute Gasteiger partial charge is 0.125 e. The molecule has 0 amide bonds. The van der Waals surface area contributed by atoms with E-state index in [1.807, 2.05) is 31.2 Å². The summed E-state index contributed by atoms with van der Waals surface area (Å²) in [5.74, 6) is -0.231. The second kappa shape index (κ2) is 6.61. The van der Waals surface area contributed by atoms with Gasteiger partial charge in [0.25, 0.3) is 0 Å². The van der Waals surface area contributed by atoms with Gasteiger partial charge in [0.1, 0.15) is 10.6 Å². The Morgan fingerprint density at radius 1 is 1.08 bits per heavy atom. The standard InChI is InChI=1S/C20H16FN3S/c1-13-3-2-4-16(24-13)11-23-18-9-10-22-20-19(18)17(12-25-20)14-5-7-15(21)8-6-14/h2-10,12H,11H2,1H3,(H,22,23). The molecule has 0 bridgehead atoms. The lowest BCUT2D eigenvalue weighted by atomic mass is 10.0. The Balaban J connectivity index is 1.71. The van der Waals surface area contributed by atoms with Crippen molar-refractivity contribution >= 4 is 27.2 Å². The molecule has 0 aliphatic rings. The fraction of sp³-hybridized carbons (Fsp3) is 0.100. The molecule has 0 aliphatic heterocycles. The zero-order valence-corrected chi connectivity index (χ0v) is 14.5. The lowest BCUT2D eigenvalue weighted by Gasteiger charge is -2.10. The number of fused-ring (bicyclic) bond motifs is 1. The molecule has 4 rings (SSSR count). The zero-order chi connectivity index (χ0) is 17.2. The molecule has 0 unspecified atom stereocenters. The number of aromatic nitrogens is 2. The van der Waals surface area contributed by atoms with Gasteiger partial charge < -0.3 is 5.32 Å². The summed E-state index contributed by atoms with van der Waals surface area (Å²) in [6.45, 7) is 2.62. The summed E-state index contributed by atoms with van der Waals surface area (Å²) in [4.78, 5) is 9.95. The molecule has 0 fully saturated rings. The summed E-state index contributed by atoms with van der Waals surface area (Å²) in [6, 6.07) is 14.5. The van der Waals surface area contributed by atoms with Gasteiger partial charge in [-0.3, -0.25) is 4.98 Å². The minimum Gasteiger partial charge on any atom is -0.379 e. The predicted octanol–water partition coefficient (Wildman–Crippen LogP) is 5.42. The molecule has 4 aromatic rings. The Bertz CT molecular complexity index is 1020. The van der Waals surface area contributed by atoms with Crippen LogP contribution in [0.25, 0.3) is 21.3 Å². The number of pyridine rings is 2. The first-order valence-corrected chi connectivity index (χ1v) is 8.87. The lowest BCUT2D eigenvalue weighted by molar-refractivity contribution is 0.628. The summed E-state index contributed by atoms with van der Waals surface area (Å²) in [7, 11) is 0. The molecule has 1 N–H and O–H groups in total. The van der Waals surface area contributed by atoms with E-state index in [1.165, 1.54) is 12.1 Å². The van der Waals surface area contributed by atoms with Gasteiger partial charge in [-0.1, -0.05) is 18.2 Å². The first-order chi connectivity index (χ1) is 12.2. The predicted molar refractivity (Wildman–Crippen MR) is 101 cm³/mol. The van der Waals surface area contributed by atoms with E-state index >= 15 is 0 Å². The number of aryl methyl sites for hydroxylation is 1. The highest BCUT2D eigenvalue weighted by atomic mass is 32.1. The zero-order valence-electron chi connectivity index (χ0n) is 13.7. The van der Waals surface area contributed by atoms with Crippen LogP contribution in [0.4, 0.5) is 10.1 Å². The monoisotopic (exact) mass is 349 g/mol. The number of rotatable bonds is 4. The van der Waals surface area contributed by atoms with Crippen LogP contribution in [0.3, 0.4) is 0 Å². The van der Waals surface area contributed by atoms with Crippen molar-refractivity contribution < 1.29 is 4.39 Å². The van der Waals surface area contributed by atoms with Gasteiger partial charge in [0.2, 0.25) is 0 Å². The van der Waals surface area contributed by atoms with Gasteiger partial charge in [0, 0.05) is 33.9 Å². The van der Waals surface area contributed by atoms with Crippen molar-refractivity contribution in [1.29, 1.82) is 0 Å². The number of hydrogen-bond acceptors (Lipinski definition) is 4. The van der Waals surface area contributed by atoms with Crippen molar-refractivity contribution in [3.63, 3.8) is 0 Å². The third-order valence-corrected chi connectivity index (χ3v) is 4.92. The summed E-state index contributed by atoms with van der Waals surface area (Å²) in [5, 5.41) is 6.60. The van der Waals surface area contributed by atoms with Crippen molar-refractivity contribution in [2.24, 2.45) is 0 Å². The van der Waals surface area contributed by atoms with Crippen LogP contribution in [-0.4, -0.2) is 9.97 Å². The summed E-state index contributed by atoms with van der Waals surface area (Å²) in [6.07, 6.45) is 1.80. The number of thiophene rings is 1. The molecule has 0 saturated heterocycles. The highest BCUT2D eigenvalue weighted by molar-refractivity contribution is 7.17. The highest BCUT2D eigenvalue weighted by Gasteiger charge is 2.12. The van der Waals surface area contributed by atoms with Crippen LogP contribution in [0.5, 0.6) is 0 Å². The Morgan fingerprint density at radius 3 is 2.72 bits per heavy atom. The molecule has 5 heteroatoms. The molecule has 0 saturated carbocycles. The Hall–Kier alpha value is -2.79. The van der Waals surface area contributed by atoms with Crippen LogP contribution in [0.15, 0.2) is 60.1 Å². The van der Waals surface area contributed by atoms with E-state index in [2.05, 4.69) is 20.7 Å². The first kappa shape index (κ1) is 15.7. The molecule has 0 spiro atoms. The molecule has 25 heavy (non-hydrogen) atoms. The molecule has 0 atom stereocenters. The Morgan fingerprint density at radius 2 is 1.92 bits per heavy atom. The fourth-order valence-electron chi connectivity index (χ4n) is 2.84. The van der Waals surface area contributed by atoms with E-state index in [9.17, 15) is 4.39 Å². The van der Waals surface area contributed by atoms with Crippen molar-refractivity contribution in [1.82, 2.24) is 9.97 Å². The molecule has 124 valence electrons. The number of nitrogens with one attached hydrogen (secondary N) is 1. The summed E-state index contributed by atoms with van der Waals surface area (Å²) < 4.78 is 13.2. The third-order valence-electron chi connectivity index (χ3n) is 4.04. The molecule has 0 radical (unpaired) electrons. The molecular weight excluding hydrogens is 333 g/mol. The number of halogens is 1. The maximum absolute atomic E-state index is 13.2. The molecule has 3 heterocycles. The third kappa shape index (κ3) is 3.23. The summed E-state index contributed by atoms with van der Waals surface area (Å²) in [5.41, 5.74) is 5.05. The summed E-state index contributed by atoms with van der Waals surface area (Å²) >= 11 is 1.59. The van der Waals surface area contributed by atoms with Gasteiger partial charge in [-0.15, -0.1) is 11.3 Å². The van der Waals surface area contributed by atoms with E-state index in [0.29, 0.717) is 6.54 Å². The first-order valence-electron chi connectivity index (χ1n) is 7.99. The molecule has 3 aromatic heterocycles. The van der Waals surface area contributed by atoms with Gasteiger partial charge >= 0.3 is 0 Å². The van der Waals surface area contributed by atoms with Gasteiger partial charge in [0.05, 0.1) is 12.2 Å². The van der Waals surface area contributed by atoms with Crippen molar-refractivity contribution in [2.75, 3.05) is 5.32 Å². The second-order valence-corrected chi connectivity index (χ2v) is 6.68. The van der Waals surface area contributed by atoms with Gasteiger partial charge in [0.15, 0.2) is 0 Å². The maximum Gasteiger partial charge on any atom is 0.125 e. The number of anilines is 1. The van der Waals surface area contributed by atoms with Crippen molar-refractivity contribution in [3.8, 4) is 11.1 Å². The van der Waals surface area contributed by atoms with E-state index in [4.69, 9.17) is 0 Å². The SMILES string of the molecule is Cc1cccc(CNc2ccnc3scc(-c4ccc(F)cc4)c23)n1. The van der Waals surface area contributed by atoms with Gasteiger partial charge in [-0.05, 0) is 42.8 Å². The molecule has 0 aliphatic carbocycles. The van der Waals surface area contributed by atoms with Crippen molar-refractivity contribution in [3.05, 3.63) is 77.3 Å². The van der Waals surface area contributed by atoms with Crippen LogP contribution in [-0.2, 0) is 6.54 Å². The molecular formula is C20H16FN3S. The van der Waals surface area contributed by atoms with Crippen LogP contribution in [0.1, 0.15) is 11.4 Å². The minimum atomic E-state index is -0.231. The van der Waals surface area contributed by atoms with E-state index in [-0.39, 0.29) is 5.82 Å². The Labute approximate surface area is 149 Å². The number of nitrogens with zero attached hydrogens (tertiary/aromatic N) is 2. The molecule has 1 aromatic carbocycles. The van der Waals surface area contributed by atoms with Gasteiger partial charge in [-0.2, -0.15) is 0 Å². The average molecular weight is 349 g/mol. The highest BCUT2D eigenvalue weighted by Crippen LogP contribution is 2.37. The van der Waals surface area contributed by atoms with E-state index < -0.39 is 0 Å². The largest absolute Gasteiger partial charge is 0.379 e. The molecule has 3 nitrogen and oxygen atoms in total. The number of hydrogen-bond donors (Lipinski definition) is 1.